The number of nitrogens with zero attached hydrogens (tertiary/aromatic N) is 1. The molecule has 0 heterocycles. The van der Waals surface area contributed by atoms with E-state index in [-0.39, 0.29) is 6.61 Å². The second-order valence-corrected chi connectivity index (χ2v) is 5.49. The minimum absolute atomic E-state index is 0.214. The Balaban J connectivity index is 1.97. The first-order chi connectivity index (χ1) is 12.6. The van der Waals surface area contributed by atoms with Gasteiger partial charge in [0.25, 0.3) is 5.91 Å². The van der Waals surface area contributed by atoms with Gasteiger partial charge in [-0.1, -0.05) is 18.2 Å². The number of ether oxygens (including phenoxy) is 2. The average Bonchev–Trinajstić information content (AvgIpc) is 2.62. The number of primary amides is 1. The van der Waals surface area contributed by atoms with Gasteiger partial charge >= 0.3 is 0 Å². The standard InChI is InChI=1S/C18H20N4O3S/c1-2-24-16-10-13(8-9-15(16)25-12-17(19)23)11-20-22-18(26)21-14-6-4-3-5-7-14/h3-11H,2,12H2,1H3,(H2,19,23)(H2,21,22,26)/b20-11+. The highest BCUT2D eigenvalue weighted by Crippen LogP contribution is 2.28. The summed E-state index contributed by atoms with van der Waals surface area (Å²) in [7, 11) is 0. The topological polar surface area (TPSA) is 98.0 Å². The van der Waals surface area contributed by atoms with Crippen molar-refractivity contribution in [3.8, 4) is 11.5 Å². The number of hydrogen-bond donors (Lipinski definition) is 3. The van der Waals surface area contributed by atoms with Gasteiger partial charge in [-0.25, -0.2) is 0 Å². The van der Waals surface area contributed by atoms with Gasteiger partial charge in [-0.3, -0.25) is 10.2 Å². The first-order valence-corrected chi connectivity index (χ1v) is 8.32. The Bertz CT molecular complexity index is 781. The lowest BCUT2D eigenvalue weighted by Crippen LogP contribution is -2.23. The van der Waals surface area contributed by atoms with Crippen molar-refractivity contribution in [2.24, 2.45) is 10.8 Å². The molecule has 7 nitrogen and oxygen atoms in total. The van der Waals surface area contributed by atoms with Crippen LogP contribution in [0.3, 0.4) is 0 Å². The van der Waals surface area contributed by atoms with Crippen LogP contribution in [0.4, 0.5) is 5.69 Å². The molecule has 0 unspecified atom stereocenters. The average molecular weight is 372 g/mol. The summed E-state index contributed by atoms with van der Waals surface area (Å²) in [4.78, 5) is 10.9. The molecule has 0 radical (unpaired) electrons. The third-order valence-corrected chi connectivity index (χ3v) is 3.24. The summed E-state index contributed by atoms with van der Waals surface area (Å²) in [6.07, 6.45) is 1.60. The largest absolute Gasteiger partial charge is 0.490 e. The molecule has 0 saturated heterocycles. The van der Waals surface area contributed by atoms with E-state index in [9.17, 15) is 4.79 Å². The molecule has 2 aromatic rings. The molecule has 136 valence electrons. The number of para-hydroxylation sites is 1. The molecule has 26 heavy (non-hydrogen) atoms. The van der Waals surface area contributed by atoms with Crippen LogP contribution < -0.4 is 25.9 Å². The van der Waals surface area contributed by atoms with Gasteiger partial charge in [-0.05, 0) is 55.0 Å². The third kappa shape index (κ3) is 6.40. The van der Waals surface area contributed by atoms with Gasteiger partial charge in [0.2, 0.25) is 0 Å². The fraction of sp³-hybridized carbons (Fsp3) is 0.167. The number of anilines is 1. The summed E-state index contributed by atoms with van der Waals surface area (Å²) >= 11 is 5.17. The molecule has 0 aliphatic heterocycles. The van der Waals surface area contributed by atoms with Crippen molar-refractivity contribution in [2.45, 2.75) is 6.92 Å². The first kappa shape index (κ1) is 19.2. The summed E-state index contributed by atoms with van der Waals surface area (Å²) in [5.41, 5.74) is 9.48. The van der Waals surface area contributed by atoms with E-state index < -0.39 is 5.91 Å². The third-order valence-electron chi connectivity index (χ3n) is 3.05. The maximum absolute atomic E-state index is 10.9. The van der Waals surface area contributed by atoms with Crippen molar-refractivity contribution in [3.05, 3.63) is 54.1 Å². The maximum atomic E-state index is 10.9. The van der Waals surface area contributed by atoms with Crippen molar-refractivity contribution in [3.63, 3.8) is 0 Å². The van der Waals surface area contributed by atoms with E-state index in [1.165, 1.54) is 0 Å². The zero-order chi connectivity index (χ0) is 18.8. The van der Waals surface area contributed by atoms with E-state index in [0.29, 0.717) is 23.2 Å². The Labute approximate surface area is 157 Å². The summed E-state index contributed by atoms with van der Waals surface area (Å²) < 4.78 is 10.8. The van der Waals surface area contributed by atoms with E-state index >= 15 is 0 Å². The van der Waals surface area contributed by atoms with Crippen molar-refractivity contribution in [2.75, 3.05) is 18.5 Å². The van der Waals surface area contributed by atoms with Crippen LogP contribution in [0.15, 0.2) is 53.6 Å². The van der Waals surface area contributed by atoms with E-state index in [0.717, 1.165) is 11.3 Å². The molecule has 2 rings (SSSR count). The molecule has 0 aliphatic rings. The van der Waals surface area contributed by atoms with Crippen LogP contribution in [0.25, 0.3) is 0 Å². The van der Waals surface area contributed by atoms with E-state index in [1.54, 1.807) is 24.4 Å². The lowest BCUT2D eigenvalue weighted by atomic mass is 10.2. The molecule has 4 N–H and O–H groups in total. The Hall–Kier alpha value is -3.13. The normalized spacial score (nSPS) is 10.3. The molecule has 0 bridgehead atoms. The predicted molar refractivity (Wildman–Crippen MR) is 106 cm³/mol. The van der Waals surface area contributed by atoms with Gasteiger partial charge in [0.05, 0.1) is 12.8 Å². The van der Waals surface area contributed by atoms with Gasteiger partial charge in [-0.2, -0.15) is 5.10 Å². The lowest BCUT2D eigenvalue weighted by molar-refractivity contribution is -0.119. The molecule has 0 saturated carbocycles. The molecule has 2 aromatic carbocycles. The van der Waals surface area contributed by atoms with Crippen LogP contribution in [0, 0.1) is 0 Å². The first-order valence-electron chi connectivity index (χ1n) is 7.91. The number of nitrogens with one attached hydrogen (secondary N) is 2. The highest BCUT2D eigenvalue weighted by Gasteiger charge is 2.07. The number of thiocarbonyl (C=S) groups is 1. The molecule has 1 amide bonds. The Morgan fingerprint density at radius 3 is 2.65 bits per heavy atom. The van der Waals surface area contributed by atoms with Gasteiger partial charge in [0.15, 0.2) is 23.2 Å². The van der Waals surface area contributed by atoms with E-state index in [2.05, 4.69) is 15.8 Å². The monoisotopic (exact) mass is 372 g/mol. The van der Waals surface area contributed by atoms with Crippen LogP contribution >= 0.6 is 12.2 Å². The van der Waals surface area contributed by atoms with Gasteiger partial charge < -0.3 is 20.5 Å². The van der Waals surface area contributed by atoms with Crippen LogP contribution in [0.5, 0.6) is 11.5 Å². The number of carbonyl (C=O) groups excluding carboxylic acids is 1. The Morgan fingerprint density at radius 2 is 1.96 bits per heavy atom. The molecule has 0 atom stereocenters. The zero-order valence-electron chi connectivity index (χ0n) is 14.3. The SMILES string of the molecule is CCOc1cc(/C=N/NC(=S)Nc2ccccc2)ccc1OCC(N)=O. The van der Waals surface area contributed by atoms with Crippen LogP contribution in [0.1, 0.15) is 12.5 Å². The van der Waals surface area contributed by atoms with Gasteiger partial charge in [0.1, 0.15) is 0 Å². The van der Waals surface area contributed by atoms with Gasteiger partial charge in [-0.15, -0.1) is 0 Å². The van der Waals surface area contributed by atoms with Crippen LogP contribution in [-0.2, 0) is 4.79 Å². The number of hydrogen-bond acceptors (Lipinski definition) is 5. The predicted octanol–water partition coefficient (Wildman–Crippen LogP) is 2.27. The number of benzene rings is 2. The second-order valence-electron chi connectivity index (χ2n) is 5.08. The number of nitrogens with two attached hydrogens (primary N) is 1. The molecule has 0 aromatic heterocycles. The lowest BCUT2D eigenvalue weighted by Gasteiger charge is -2.11. The molecule has 0 aliphatic carbocycles. The van der Waals surface area contributed by atoms with Crippen molar-refractivity contribution in [1.29, 1.82) is 0 Å². The fourth-order valence-corrected chi connectivity index (χ4v) is 2.16. The fourth-order valence-electron chi connectivity index (χ4n) is 1.99. The minimum Gasteiger partial charge on any atom is -0.490 e. The number of amides is 1. The number of hydrazone groups is 1. The summed E-state index contributed by atoms with van der Waals surface area (Å²) in [6, 6.07) is 14.8. The molecule has 8 heteroatoms. The highest BCUT2D eigenvalue weighted by atomic mass is 32.1. The van der Waals surface area contributed by atoms with Crippen LogP contribution in [0.2, 0.25) is 0 Å². The second kappa shape index (κ2) is 10.00. The maximum Gasteiger partial charge on any atom is 0.255 e. The number of rotatable bonds is 8. The summed E-state index contributed by atoms with van der Waals surface area (Å²) in [5, 5.41) is 7.48. The Morgan fingerprint density at radius 1 is 1.19 bits per heavy atom. The summed E-state index contributed by atoms with van der Waals surface area (Å²) in [6.45, 7) is 2.10. The smallest absolute Gasteiger partial charge is 0.255 e. The zero-order valence-corrected chi connectivity index (χ0v) is 15.1. The van der Waals surface area contributed by atoms with Crippen LogP contribution in [-0.4, -0.2) is 30.4 Å². The number of carbonyl (C=O) groups is 1. The molecular formula is C18H20N4O3S. The van der Waals surface area contributed by atoms with Crippen molar-refractivity contribution in [1.82, 2.24) is 5.43 Å². The molecular weight excluding hydrogens is 352 g/mol. The molecule has 0 spiro atoms. The van der Waals surface area contributed by atoms with Crippen molar-refractivity contribution >= 4 is 35.1 Å². The van der Waals surface area contributed by atoms with Gasteiger partial charge in [0, 0.05) is 5.69 Å². The van der Waals surface area contributed by atoms with E-state index in [1.807, 2.05) is 37.3 Å². The highest BCUT2D eigenvalue weighted by molar-refractivity contribution is 7.80. The van der Waals surface area contributed by atoms with E-state index in [4.69, 9.17) is 27.4 Å². The summed E-state index contributed by atoms with van der Waals surface area (Å²) in [5.74, 6) is 0.390. The molecule has 0 fully saturated rings. The van der Waals surface area contributed by atoms with Crippen molar-refractivity contribution < 1.29 is 14.3 Å². The quantitative estimate of drug-likeness (QED) is 0.374. The minimum atomic E-state index is -0.554. The Kier molecular flexibility index (Phi) is 7.38.